The van der Waals surface area contributed by atoms with Crippen LogP contribution in [-0.2, 0) is 4.74 Å². The van der Waals surface area contributed by atoms with Crippen molar-refractivity contribution in [2.24, 2.45) is 34.0 Å². The van der Waals surface area contributed by atoms with Crippen molar-refractivity contribution < 1.29 is 9.84 Å². The van der Waals surface area contributed by atoms with Gasteiger partial charge in [-0.25, -0.2) is 0 Å². The van der Waals surface area contributed by atoms with Crippen LogP contribution in [0, 0.1) is 34.0 Å². The first-order valence-corrected chi connectivity index (χ1v) is 10.7. The number of ether oxygens (including phenoxy) is 1. The molecule has 0 amide bonds. The van der Waals surface area contributed by atoms with Gasteiger partial charge in [-0.05, 0) is 73.7 Å². The quantitative estimate of drug-likeness (QED) is 0.683. The third-order valence-corrected chi connectivity index (χ3v) is 10.00. The summed E-state index contributed by atoms with van der Waals surface area (Å²) in [5, 5.41) is 11.3. The fourth-order valence-corrected chi connectivity index (χ4v) is 9.23. The number of aliphatic hydroxyl groups is 1. The zero-order valence-corrected chi connectivity index (χ0v) is 15.7. The van der Waals surface area contributed by atoms with Gasteiger partial charge in [-0.3, -0.25) is 4.90 Å². The summed E-state index contributed by atoms with van der Waals surface area (Å²) in [7, 11) is 0. The van der Waals surface area contributed by atoms with Gasteiger partial charge >= 0.3 is 0 Å². The maximum Gasteiger partial charge on any atom is 0.117 e. The molecule has 1 spiro atoms. The van der Waals surface area contributed by atoms with E-state index in [0.717, 1.165) is 24.6 Å². The van der Waals surface area contributed by atoms with Gasteiger partial charge in [0, 0.05) is 23.9 Å². The van der Waals surface area contributed by atoms with Gasteiger partial charge in [0.2, 0.25) is 0 Å². The van der Waals surface area contributed by atoms with E-state index in [4.69, 9.17) is 4.74 Å². The Hall–Kier alpha value is -0.380. The highest BCUT2D eigenvalue weighted by Crippen LogP contribution is 2.75. The summed E-state index contributed by atoms with van der Waals surface area (Å²) in [4.78, 5) is 2.69. The molecule has 0 aromatic carbocycles. The third-order valence-electron chi connectivity index (χ3n) is 10.00. The Labute approximate surface area is 151 Å². The molecule has 0 radical (unpaired) electrons. The van der Waals surface area contributed by atoms with Gasteiger partial charge in [0.25, 0.3) is 0 Å². The van der Waals surface area contributed by atoms with Crippen LogP contribution in [0.3, 0.4) is 0 Å². The molecule has 25 heavy (non-hydrogen) atoms. The normalized spacial score (nSPS) is 60.1. The fraction of sp³-hybridized carbons (Fsp3) is 0.909. The van der Waals surface area contributed by atoms with Crippen LogP contribution < -0.4 is 0 Å². The van der Waals surface area contributed by atoms with E-state index >= 15 is 0 Å². The van der Waals surface area contributed by atoms with Crippen molar-refractivity contribution in [3.05, 3.63) is 12.2 Å². The van der Waals surface area contributed by atoms with Crippen molar-refractivity contribution >= 4 is 0 Å². The van der Waals surface area contributed by atoms with E-state index < -0.39 is 0 Å². The number of piperidine rings is 1. The first-order valence-electron chi connectivity index (χ1n) is 10.7. The van der Waals surface area contributed by atoms with Crippen molar-refractivity contribution in [1.82, 2.24) is 4.90 Å². The summed E-state index contributed by atoms with van der Waals surface area (Å²) in [6.45, 7) is 10.2. The fourth-order valence-electron chi connectivity index (χ4n) is 9.23. The van der Waals surface area contributed by atoms with Gasteiger partial charge in [0.15, 0.2) is 0 Å². The molecule has 0 aromatic rings. The maximum atomic E-state index is 11.3. The lowest BCUT2D eigenvalue weighted by atomic mass is 9.34. The SMILES string of the molecule is C=C1[C@@H]2CCC3(CCC4C5(CCC[C@@]4(C)CN4CCO[C@@H]45)[C@@H]3C2)[C@@H]1O. The number of fused-ring (bicyclic) bond motifs is 3. The molecule has 7 aliphatic rings. The van der Waals surface area contributed by atoms with Crippen LogP contribution >= 0.6 is 0 Å². The highest BCUT2D eigenvalue weighted by atomic mass is 16.5. The lowest BCUT2D eigenvalue weighted by molar-refractivity contribution is -0.290. The van der Waals surface area contributed by atoms with E-state index in [-0.39, 0.29) is 11.5 Å². The Morgan fingerprint density at radius 1 is 1.16 bits per heavy atom. The van der Waals surface area contributed by atoms with Crippen LogP contribution in [0.4, 0.5) is 0 Å². The number of hydrogen-bond acceptors (Lipinski definition) is 3. The van der Waals surface area contributed by atoms with Crippen LogP contribution in [0.15, 0.2) is 12.2 Å². The van der Waals surface area contributed by atoms with Crippen molar-refractivity contribution in [2.45, 2.75) is 70.6 Å². The lowest BCUT2D eigenvalue weighted by Gasteiger charge is -2.73. The molecule has 2 heterocycles. The summed E-state index contributed by atoms with van der Waals surface area (Å²) in [5.41, 5.74) is 2.02. The summed E-state index contributed by atoms with van der Waals surface area (Å²) in [6.07, 6.45) is 10.4. The highest BCUT2D eigenvalue weighted by Gasteiger charge is 2.73. The second kappa shape index (κ2) is 4.72. The summed E-state index contributed by atoms with van der Waals surface area (Å²) in [6, 6.07) is 0. The summed E-state index contributed by atoms with van der Waals surface area (Å²) >= 11 is 0. The largest absolute Gasteiger partial charge is 0.388 e. The average molecular weight is 344 g/mol. The van der Waals surface area contributed by atoms with E-state index in [9.17, 15) is 5.11 Å². The minimum Gasteiger partial charge on any atom is -0.388 e. The van der Waals surface area contributed by atoms with Crippen LogP contribution in [0.2, 0.25) is 0 Å². The summed E-state index contributed by atoms with van der Waals surface area (Å²) < 4.78 is 6.49. The molecule has 7 rings (SSSR count). The van der Waals surface area contributed by atoms with Gasteiger partial charge in [-0.2, -0.15) is 0 Å². The Morgan fingerprint density at radius 2 is 2.00 bits per heavy atom. The van der Waals surface area contributed by atoms with E-state index in [1.54, 1.807) is 0 Å². The predicted octanol–water partition coefficient (Wildman–Crippen LogP) is 3.58. The molecule has 8 atom stereocenters. The van der Waals surface area contributed by atoms with Gasteiger partial charge in [-0.15, -0.1) is 0 Å². The zero-order valence-electron chi connectivity index (χ0n) is 15.7. The minimum atomic E-state index is -0.259. The van der Waals surface area contributed by atoms with Crippen LogP contribution in [0.1, 0.15) is 58.3 Å². The molecule has 7 fully saturated rings. The minimum absolute atomic E-state index is 0.107. The van der Waals surface area contributed by atoms with Crippen molar-refractivity contribution in [3.8, 4) is 0 Å². The second-order valence-corrected chi connectivity index (χ2v) is 10.6. The van der Waals surface area contributed by atoms with Gasteiger partial charge < -0.3 is 9.84 Å². The molecule has 2 aliphatic heterocycles. The monoisotopic (exact) mass is 343 g/mol. The van der Waals surface area contributed by atoms with Gasteiger partial charge in [0.1, 0.15) is 6.23 Å². The average Bonchev–Trinajstić information content (AvgIpc) is 3.06. The lowest BCUT2D eigenvalue weighted by Crippen LogP contribution is -2.73. The smallest absolute Gasteiger partial charge is 0.117 e. The molecule has 4 bridgehead atoms. The number of nitrogens with zero attached hydrogens (tertiary/aromatic N) is 1. The molecule has 0 aromatic heterocycles. The Morgan fingerprint density at radius 3 is 2.88 bits per heavy atom. The molecule has 5 saturated carbocycles. The third kappa shape index (κ3) is 1.62. The van der Waals surface area contributed by atoms with E-state index in [1.807, 2.05) is 0 Å². The molecule has 3 unspecified atom stereocenters. The predicted molar refractivity (Wildman–Crippen MR) is 96.8 cm³/mol. The molecule has 1 N–H and O–H groups in total. The topological polar surface area (TPSA) is 32.7 Å². The molecule has 3 nitrogen and oxygen atoms in total. The van der Waals surface area contributed by atoms with E-state index in [0.29, 0.717) is 28.9 Å². The Kier molecular flexibility index (Phi) is 2.95. The zero-order chi connectivity index (χ0) is 17.0. The maximum absolute atomic E-state index is 11.3. The number of aliphatic hydroxyl groups excluding tert-OH is 1. The van der Waals surface area contributed by atoms with Gasteiger partial charge in [0.05, 0.1) is 12.7 Å². The van der Waals surface area contributed by atoms with Crippen molar-refractivity contribution in [3.63, 3.8) is 0 Å². The second-order valence-electron chi connectivity index (χ2n) is 10.6. The van der Waals surface area contributed by atoms with Crippen LogP contribution in [-0.4, -0.2) is 42.0 Å². The highest BCUT2D eigenvalue weighted by molar-refractivity contribution is 5.28. The van der Waals surface area contributed by atoms with Crippen molar-refractivity contribution in [1.29, 1.82) is 0 Å². The van der Waals surface area contributed by atoms with Crippen LogP contribution in [0.25, 0.3) is 0 Å². The van der Waals surface area contributed by atoms with E-state index in [1.165, 1.54) is 57.9 Å². The Bertz CT molecular complexity index is 634. The van der Waals surface area contributed by atoms with Crippen LogP contribution in [0.5, 0.6) is 0 Å². The first kappa shape index (κ1) is 15.7. The molecular formula is C22H33NO2. The number of rotatable bonds is 0. The van der Waals surface area contributed by atoms with Gasteiger partial charge in [-0.1, -0.05) is 19.9 Å². The number of hydrogen-bond donors (Lipinski definition) is 1. The molecule has 138 valence electrons. The molecule has 3 heteroatoms. The first-order chi connectivity index (χ1) is 12.0. The molecule has 5 aliphatic carbocycles. The van der Waals surface area contributed by atoms with Crippen molar-refractivity contribution in [2.75, 3.05) is 19.7 Å². The Balaban J connectivity index is 1.53. The molecular weight excluding hydrogens is 310 g/mol. The van der Waals surface area contributed by atoms with E-state index in [2.05, 4.69) is 18.4 Å². The standard InChI is InChI=1S/C22H33NO2/c1-14-15-4-8-21(18(14)24)9-5-16-20(2)6-3-7-22(16,17(21)12-15)19-23(13-20)10-11-25-19/h15-19,24H,1,3-13H2,2H3/t15-,16?,17-,18-,19-,20+,21?,22?/m1/s1. The summed E-state index contributed by atoms with van der Waals surface area (Å²) in [5.74, 6) is 1.99. The molecule has 2 saturated heterocycles.